The lowest BCUT2D eigenvalue weighted by Gasteiger charge is -2.31. The molecule has 0 saturated carbocycles. The van der Waals surface area contributed by atoms with Crippen molar-refractivity contribution >= 4 is 11.6 Å². The molecule has 0 aromatic heterocycles. The average molecular weight is 193 g/mol. The van der Waals surface area contributed by atoms with Gasteiger partial charge in [-0.15, -0.1) is 11.6 Å². The highest BCUT2D eigenvalue weighted by Crippen LogP contribution is 2.37. The number of hydrogen-bond donors (Lipinski definition) is 0. The van der Waals surface area contributed by atoms with Crippen LogP contribution < -0.4 is 0 Å². The SMILES string of the molecule is COCC(C)C1(CCl)CCOC1. The maximum atomic E-state index is 5.96. The summed E-state index contributed by atoms with van der Waals surface area (Å²) >= 11 is 5.96. The van der Waals surface area contributed by atoms with E-state index in [-0.39, 0.29) is 5.41 Å². The van der Waals surface area contributed by atoms with Gasteiger partial charge in [0.2, 0.25) is 0 Å². The van der Waals surface area contributed by atoms with Crippen LogP contribution in [-0.4, -0.2) is 32.8 Å². The molecule has 0 aromatic carbocycles. The Morgan fingerprint density at radius 1 is 1.67 bits per heavy atom. The van der Waals surface area contributed by atoms with Gasteiger partial charge in [-0.25, -0.2) is 0 Å². The van der Waals surface area contributed by atoms with Gasteiger partial charge in [-0.2, -0.15) is 0 Å². The largest absolute Gasteiger partial charge is 0.384 e. The molecule has 3 heteroatoms. The van der Waals surface area contributed by atoms with Crippen LogP contribution in [0.15, 0.2) is 0 Å². The third kappa shape index (κ3) is 1.93. The molecule has 1 heterocycles. The molecule has 2 nitrogen and oxygen atoms in total. The standard InChI is InChI=1S/C9H17ClO2/c1-8(5-11-2)9(6-10)3-4-12-7-9/h8H,3-7H2,1-2H3. The second-order valence-electron chi connectivity index (χ2n) is 3.65. The molecule has 2 atom stereocenters. The summed E-state index contributed by atoms with van der Waals surface area (Å²) in [5.41, 5.74) is 0.164. The van der Waals surface area contributed by atoms with E-state index in [0.29, 0.717) is 11.8 Å². The van der Waals surface area contributed by atoms with E-state index in [1.54, 1.807) is 7.11 Å². The van der Waals surface area contributed by atoms with Crippen molar-refractivity contribution in [3.05, 3.63) is 0 Å². The van der Waals surface area contributed by atoms with Crippen LogP contribution in [0, 0.1) is 11.3 Å². The highest BCUT2D eigenvalue weighted by Gasteiger charge is 2.39. The molecule has 0 radical (unpaired) electrons. The van der Waals surface area contributed by atoms with Gasteiger partial charge in [-0.1, -0.05) is 6.92 Å². The van der Waals surface area contributed by atoms with E-state index in [9.17, 15) is 0 Å². The zero-order valence-electron chi connectivity index (χ0n) is 7.81. The van der Waals surface area contributed by atoms with E-state index < -0.39 is 0 Å². The zero-order valence-corrected chi connectivity index (χ0v) is 8.56. The number of alkyl halides is 1. The van der Waals surface area contributed by atoms with Crippen LogP contribution in [0.2, 0.25) is 0 Å². The Morgan fingerprint density at radius 2 is 2.42 bits per heavy atom. The van der Waals surface area contributed by atoms with Crippen LogP contribution in [0.3, 0.4) is 0 Å². The minimum absolute atomic E-state index is 0.164. The lowest BCUT2D eigenvalue weighted by molar-refractivity contribution is 0.0685. The highest BCUT2D eigenvalue weighted by molar-refractivity contribution is 6.18. The summed E-state index contributed by atoms with van der Waals surface area (Å²) in [7, 11) is 1.73. The number of ether oxygens (including phenoxy) is 2. The van der Waals surface area contributed by atoms with Gasteiger partial charge < -0.3 is 9.47 Å². The quantitative estimate of drug-likeness (QED) is 0.634. The minimum atomic E-state index is 0.164. The van der Waals surface area contributed by atoms with E-state index in [0.717, 1.165) is 26.2 Å². The Labute approximate surface area is 79.2 Å². The van der Waals surface area contributed by atoms with Crippen LogP contribution in [0.25, 0.3) is 0 Å². The minimum Gasteiger partial charge on any atom is -0.384 e. The van der Waals surface area contributed by atoms with Gasteiger partial charge in [0.25, 0.3) is 0 Å². The Balaban J connectivity index is 2.52. The first kappa shape index (κ1) is 10.3. The summed E-state index contributed by atoms with van der Waals surface area (Å²) in [5.74, 6) is 1.17. The van der Waals surface area contributed by atoms with E-state index in [2.05, 4.69) is 6.92 Å². The fraction of sp³-hybridized carbons (Fsp3) is 1.00. The Kier molecular flexibility index (Phi) is 3.81. The van der Waals surface area contributed by atoms with Crippen LogP contribution in [0.1, 0.15) is 13.3 Å². The van der Waals surface area contributed by atoms with Crippen molar-refractivity contribution in [2.45, 2.75) is 13.3 Å². The predicted molar refractivity (Wildman–Crippen MR) is 49.6 cm³/mol. The van der Waals surface area contributed by atoms with Gasteiger partial charge in [0.1, 0.15) is 0 Å². The fourth-order valence-electron chi connectivity index (χ4n) is 1.68. The van der Waals surface area contributed by atoms with Crippen molar-refractivity contribution < 1.29 is 9.47 Å². The average Bonchev–Trinajstić information content (AvgIpc) is 2.54. The van der Waals surface area contributed by atoms with Crippen molar-refractivity contribution in [2.24, 2.45) is 11.3 Å². The summed E-state index contributed by atoms with van der Waals surface area (Å²) in [5, 5.41) is 0. The van der Waals surface area contributed by atoms with Gasteiger partial charge in [0.05, 0.1) is 6.61 Å². The van der Waals surface area contributed by atoms with Gasteiger partial charge in [0, 0.05) is 31.6 Å². The molecular formula is C9H17ClO2. The highest BCUT2D eigenvalue weighted by atomic mass is 35.5. The second kappa shape index (κ2) is 4.45. The number of halogens is 1. The van der Waals surface area contributed by atoms with Crippen molar-refractivity contribution in [2.75, 3.05) is 32.8 Å². The van der Waals surface area contributed by atoms with Crippen LogP contribution in [0.4, 0.5) is 0 Å². The summed E-state index contributed by atoms with van der Waals surface area (Å²) in [6.07, 6.45) is 1.07. The molecule has 0 N–H and O–H groups in total. The van der Waals surface area contributed by atoms with Gasteiger partial charge in [0.15, 0.2) is 0 Å². The fourth-order valence-corrected chi connectivity index (χ4v) is 2.15. The first-order valence-corrected chi connectivity index (χ1v) is 4.91. The molecule has 1 rings (SSSR count). The Bertz CT molecular complexity index is 132. The Morgan fingerprint density at radius 3 is 2.83 bits per heavy atom. The molecule has 1 aliphatic rings. The zero-order chi connectivity index (χ0) is 9.03. The number of methoxy groups -OCH3 is 1. The number of rotatable bonds is 4. The lowest BCUT2D eigenvalue weighted by atomic mass is 9.78. The van der Waals surface area contributed by atoms with Crippen molar-refractivity contribution in [1.82, 2.24) is 0 Å². The predicted octanol–water partition coefficient (Wildman–Crippen LogP) is 1.91. The monoisotopic (exact) mass is 192 g/mol. The van der Waals surface area contributed by atoms with Crippen LogP contribution in [0.5, 0.6) is 0 Å². The third-order valence-corrected chi connectivity index (χ3v) is 3.39. The molecule has 0 spiro atoms. The topological polar surface area (TPSA) is 18.5 Å². The van der Waals surface area contributed by atoms with E-state index in [1.165, 1.54) is 0 Å². The summed E-state index contributed by atoms with van der Waals surface area (Å²) in [6.45, 7) is 4.60. The van der Waals surface area contributed by atoms with Crippen LogP contribution in [-0.2, 0) is 9.47 Å². The van der Waals surface area contributed by atoms with Gasteiger partial charge in [-0.05, 0) is 12.3 Å². The molecule has 12 heavy (non-hydrogen) atoms. The summed E-state index contributed by atoms with van der Waals surface area (Å²) in [4.78, 5) is 0. The Hall–Kier alpha value is 0.210. The summed E-state index contributed by atoms with van der Waals surface area (Å²) in [6, 6.07) is 0. The van der Waals surface area contributed by atoms with Crippen molar-refractivity contribution in [3.63, 3.8) is 0 Å². The van der Waals surface area contributed by atoms with E-state index in [1.807, 2.05) is 0 Å². The molecule has 1 fully saturated rings. The number of hydrogen-bond acceptors (Lipinski definition) is 2. The molecule has 0 aromatic rings. The lowest BCUT2D eigenvalue weighted by Crippen LogP contribution is -2.33. The maximum Gasteiger partial charge on any atom is 0.0538 e. The smallest absolute Gasteiger partial charge is 0.0538 e. The summed E-state index contributed by atoms with van der Waals surface area (Å²) < 4.78 is 10.5. The van der Waals surface area contributed by atoms with Gasteiger partial charge in [-0.3, -0.25) is 0 Å². The normalized spacial score (nSPS) is 32.2. The molecule has 1 aliphatic heterocycles. The molecule has 0 aliphatic carbocycles. The van der Waals surface area contributed by atoms with Crippen LogP contribution >= 0.6 is 11.6 Å². The molecule has 72 valence electrons. The van der Waals surface area contributed by atoms with E-state index in [4.69, 9.17) is 21.1 Å². The maximum absolute atomic E-state index is 5.96. The molecule has 0 bridgehead atoms. The first-order valence-electron chi connectivity index (χ1n) is 4.38. The molecule has 2 unspecified atom stereocenters. The molecule has 0 amide bonds. The van der Waals surface area contributed by atoms with Gasteiger partial charge >= 0.3 is 0 Å². The van der Waals surface area contributed by atoms with Crippen molar-refractivity contribution in [1.29, 1.82) is 0 Å². The molecule has 1 saturated heterocycles. The molecular weight excluding hydrogens is 176 g/mol. The first-order chi connectivity index (χ1) is 5.75. The van der Waals surface area contributed by atoms with E-state index >= 15 is 0 Å². The third-order valence-electron chi connectivity index (χ3n) is 2.86. The van der Waals surface area contributed by atoms with Crippen molar-refractivity contribution in [3.8, 4) is 0 Å². The second-order valence-corrected chi connectivity index (χ2v) is 3.92.